The van der Waals surface area contributed by atoms with E-state index in [0.717, 1.165) is 0 Å². The van der Waals surface area contributed by atoms with Gasteiger partial charge in [-0.2, -0.15) is 0 Å². The molecule has 4 heteroatoms. The van der Waals surface area contributed by atoms with Gasteiger partial charge < -0.3 is 0 Å². The van der Waals surface area contributed by atoms with Crippen LogP contribution in [0.5, 0.6) is 0 Å². The monoisotopic (exact) mass is 212 g/mol. The van der Waals surface area contributed by atoms with Crippen molar-refractivity contribution in [3.05, 3.63) is 47.5 Å². The minimum absolute atomic E-state index is 0.223. The molecule has 0 radical (unpaired) electrons. The van der Waals surface area contributed by atoms with Crippen molar-refractivity contribution >= 4 is 0 Å². The SMILES string of the molecule is C=CCC(NN)c1ccc(C)c(F)c1F. The molecule has 0 amide bonds. The van der Waals surface area contributed by atoms with Crippen LogP contribution in [0.15, 0.2) is 24.8 Å². The zero-order valence-electron chi connectivity index (χ0n) is 8.56. The van der Waals surface area contributed by atoms with Crippen LogP contribution in [0.25, 0.3) is 0 Å². The van der Waals surface area contributed by atoms with E-state index in [0.29, 0.717) is 6.42 Å². The quantitative estimate of drug-likeness (QED) is 0.457. The molecule has 0 fully saturated rings. The minimum atomic E-state index is -0.847. The average Bonchev–Trinajstić information content (AvgIpc) is 2.24. The topological polar surface area (TPSA) is 38.0 Å². The third-order valence-corrected chi connectivity index (χ3v) is 2.28. The Balaban J connectivity index is 3.13. The standard InChI is InChI=1S/C11H14F2N2/c1-3-4-9(15-14)8-6-5-7(2)10(12)11(8)13/h3,5-6,9,15H,1,4,14H2,2H3. The normalized spacial score (nSPS) is 12.5. The van der Waals surface area contributed by atoms with Gasteiger partial charge in [-0.25, -0.2) is 8.78 Å². The maximum Gasteiger partial charge on any atom is 0.163 e. The first-order valence-corrected chi connectivity index (χ1v) is 4.63. The highest BCUT2D eigenvalue weighted by atomic mass is 19.2. The van der Waals surface area contributed by atoms with Crippen molar-refractivity contribution in [2.24, 2.45) is 5.84 Å². The highest BCUT2D eigenvalue weighted by Crippen LogP contribution is 2.23. The van der Waals surface area contributed by atoms with Crippen molar-refractivity contribution < 1.29 is 8.78 Å². The summed E-state index contributed by atoms with van der Waals surface area (Å²) in [6.45, 7) is 5.05. The molecule has 15 heavy (non-hydrogen) atoms. The number of hydrazine groups is 1. The fourth-order valence-electron chi connectivity index (χ4n) is 1.38. The largest absolute Gasteiger partial charge is 0.271 e. The molecule has 0 saturated carbocycles. The van der Waals surface area contributed by atoms with Crippen molar-refractivity contribution in [2.75, 3.05) is 0 Å². The van der Waals surface area contributed by atoms with Gasteiger partial charge in [0, 0.05) is 5.56 Å². The lowest BCUT2D eigenvalue weighted by atomic mass is 10.0. The fraction of sp³-hybridized carbons (Fsp3) is 0.273. The smallest absolute Gasteiger partial charge is 0.163 e. The van der Waals surface area contributed by atoms with Gasteiger partial charge >= 0.3 is 0 Å². The highest BCUT2D eigenvalue weighted by Gasteiger charge is 2.17. The molecular formula is C11H14F2N2. The van der Waals surface area contributed by atoms with Gasteiger partial charge in [0.2, 0.25) is 0 Å². The summed E-state index contributed by atoms with van der Waals surface area (Å²) in [4.78, 5) is 0. The number of hydrogen-bond donors (Lipinski definition) is 2. The van der Waals surface area contributed by atoms with Crippen molar-refractivity contribution in [1.29, 1.82) is 0 Å². The first kappa shape index (κ1) is 11.8. The number of benzene rings is 1. The van der Waals surface area contributed by atoms with Crippen LogP contribution in [0.3, 0.4) is 0 Å². The van der Waals surface area contributed by atoms with Crippen LogP contribution < -0.4 is 11.3 Å². The summed E-state index contributed by atoms with van der Waals surface area (Å²) in [7, 11) is 0. The van der Waals surface area contributed by atoms with Gasteiger partial charge in [-0.15, -0.1) is 6.58 Å². The number of halogens is 2. The summed E-state index contributed by atoms with van der Waals surface area (Å²) in [5.41, 5.74) is 2.93. The highest BCUT2D eigenvalue weighted by molar-refractivity contribution is 5.28. The molecule has 1 atom stereocenters. The Morgan fingerprint density at radius 1 is 1.47 bits per heavy atom. The molecule has 3 N–H and O–H groups in total. The zero-order valence-corrected chi connectivity index (χ0v) is 8.56. The van der Waals surface area contributed by atoms with E-state index in [1.807, 2.05) is 0 Å². The third kappa shape index (κ3) is 2.40. The lowest BCUT2D eigenvalue weighted by Crippen LogP contribution is -2.28. The van der Waals surface area contributed by atoms with E-state index in [-0.39, 0.29) is 11.1 Å². The van der Waals surface area contributed by atoms with Crippen LogP contribution in [0.1, 0.15) is 23.6 Å². The lowest BCUT2D eigenvalue weighted by Gasteiger charge is -2.15. The summed E-state index contributed by atoms with van der Waals surface area (Å²) < 4.78 is 26.8. The Bertz CT molecular complexity index is 364. The van der Waals surface area contributed by atoms with Crippen LogP contribution in [0, 0.1) is 18.6 Å². The van der Waals surface area contributed by atoms with Gasteiger partial charge in [0.05, 0.1) is 6.04 Å². The van der Waals surface area contributed by atoms with Crippen LogP contribution >= 0.6 is 0 Å². The average molecular weight is 212 g/mol. The number of nitrogens with one attached hydrogen (secondary N) is 1. The predicted molar refractivity (Wildman–Crippen MR) is 56.0 cm³/mol. The Labute approximate surface area is 87.8 Å². The summed E-state index contributed by atoms with van der Waals surface area (Å²) in [5, 5.41) is 0. The molecule has 1 unspecified atom stereocenters. The van der Waals surface area contributed by atoms with E-state index in [2.05, 4.69) is 12.0 Å². The third-order valence-electron chi connectivity index (χ3n) is 2.28. The molecule has 1 aromatic rings. The van der Waals surface area contributed by atoms with Crippen LogP contribution in [0.2, 0.25) is 0 Å². The summed E-state index contributed by atoms with van der Waals surface area (Å²) in [6.07, 6.45) is 2.04. The molecule has 0 aliphatic rings. The first-order chi connectivity index (χ1) is 7.11. The van der Waals surface area contributed by atoms with Crippen molar-refractivity contribution in [3.8, 4) is 0 Å². The van der Waals surface area contributed by atoms with Gasteiger partial charge in [-0.1, -0.05) is 18.2 Å². The first-order valence-electron chi connectivity index (χ1n) is 4.63. The molecule has 1 rings (SSSR count). The number of rotatable bonds is 4. The minimum Gasteiger partial charge on any atom is -0.271 e. The molecule has 2 nitrogen and oxygen atoms in total. The lowest BCUT2D eigenvalue weighted by molar-refractivity contribution is 0.463. The Morgan fingerprint density at radius 3 is 2.67 bits per heavy atom. The summed E-state index contributed by atoms with van der Waals surface area (Å²) >= 11 is 0. The van der Waals surface area contributed by atoms with E-state index in [1.165, 1.54) is 19.1 Å². The fourth-order valence-corrected chi connectivity index (χ4v) is 1.38. The number of nitrogens with two attached hydrogens (primary N) is 1. The zero-order chi connectivity index (χ0) is 11.4. The molecule has 0 bridgehead atoms. The van der Waals surface area contributed by atoms with Crippen LogP contribution in [-0.2, 0) is 0 Å². The molecule has 0 saturated heterocycles. The summed E-state index contributed by atoms with van der Waals surface area (Å²) in [5.74, 6) is 3.59. The maximum absolute atomic E-state index is 13.5. The van der Waals surface area contributed by atoms with E-state index in [1.54, 1.807) is 6.08 Å². The van der Waals surface area contributed by atoms with Crippen LogP contribution in [-0.4, -0.2) is 0 Å². The predicted octanol–water partition coefficient (Wildman–Crippen LogP) is 2.35. The molecule has 0 heterocycles. The Morgan fingerprint density at radius 2 is 2.13 bits per heavy atom. The van der Waals surface area contributed by atoms with Crippen molar-refractivity contribution in [3.63, 3.8) is 0 Å². The molecular weight excluding hydrogens is 198 g/mol. The molecule has 1 aromatic carbocycles. The summed E-state index contributed by atoms with van der Waals surface area (Å²) in [6, 6.07) is 2.61. The number of hydrogen-bond acceptors (Lipinski definition) is 2. The van der Waals surface area contributed by atoms with Crippen LogP contribution in [0.4, 0.5) is 8.78 Å². The van der Waals surface area contributed by atoms with E-state index in [9.17, 15) is 8.78 Å². The van der Waals surface area contributed by atoms with E-state index >= 15 is 0 Å². The van der Waals surface area contributed by atoms with Crippen molar-refractivity contribution in [1.82, 2.24) is 5.43 Å². The van der Waals surface area contributed by atoms with Gasteiger partial charge in [-0.3, -0.25) is 11.3 Å². The molecule has 0 spiro atoms. The van der Waals surface area contributed by atoms with Gasteiger partial charge in [0.25, 0.3) is 0 Å². The molecule has 0 aromatic heterocycles. The Kier molecular flexibility index (Phi) is 3.94. The maximum atomic E-state index is 13.5. The van der Waals surface area contributed by atoms with Crippen molar-refractivity contribution in [2.45, 2.75) is 19.4 Å². The second kappa shape index (κ2) is 5.00. The van der Waals surface area contributed by atoms with E-state index in [4.69, 9.17) is 5.84 Å². The van der Waals surface area contributed by atoms with Gasteiger partial charge in [0.15, 0.2) is 11.6 Å². The molecule has 82 valence electrons. The number of aryl methyl sites for hydroxylation is 1. The van der Waals surface area contributed by atoms with E-state index < -0.39 is 17.7 Å². The second-order valence-electron chi connectivity index (χ2n) is 3.34. The van der Waals surface area contributed by atoms with Gasteiger partial charge in [0.1, 0.15) is 0 Å². The molecule has 0 aliphatic carbocycles. The Hall–Kier alpha value is -1.26. The molecule has 0 aliphatic heterocycles. The second-order valence-corrected chi connectivity index (χ2v) is 3.34. The van der Waals surface area contributed by atoms with Gasteiger partial charge in [-0.05, 0) is 18.9 Å².